The van der Waals surface area contributed by atoms with Gasteiger partial charge in [-0.05, 0) is 11.8 Å². The number of halogens is 2. The largest absolute Gasteiger partial charge is 0.481 e. The number of aliphatic carboxylic acids is 1. The molecule has 15 heavy (non-hydrogen) atoms. The van der Waals surface area contributed by atoms with Gasteiger partial charge in [-0.1, -0.05) is 20.8 Å². The number of carboxylic acid groups (broad SMARTS) is 1. The van der Waals surface area contributed by atoms with Crippen LogP contribution in [0.5, 0.6) is 0 Å². The van der Waals surface area contributed by atoms with Gasteiger partial charge in [-0.3, -0.25) is 4.79 Å². The maximum Gasteiger partial charge on any atom is 0.309 e. The minimum Gasteiger partial charge on any atom is -0.481 e. The molecule has 1 aliphatic heterocycles. The average Bonchev–Trinajstić information content (AvgIpc) is 2.45. The quantitative estimate of drug-likeness (QED) is 0.778. The van der Waals surface area contributed by atoms with Crippen LogP contribution < -0.4 is 0 Å². The zero-order chi connectivity index (χ0) is 11.8. The van der Waals surface area contributed by atoms with Crippen molar-refractivity contribution in [3.63, 3.8) is 0 Å². The van der Waals surface area contributed by atoms with Gasteiger partial charge in [-0.2, -0.15) is 0 Å². The predicted octanol–water partition coefficient (Wildman–Crippen LogP) is 2.16. The minimum absolute atomic E-state index is 0.161. The number of rotatable bonds is 2. The molecule has 0 aromatic heterocycles. The number of hydrogen-bond donors (Lipinski definition) is 1. The Morgan fingerprint density at radius 1 is 1.47 bits per heavy atom. The van der Waals surface area contributed by atoms with E-state index in [1.54, 1.807) is 0 Å². The third-order valence-corrected chi connectivity index (χ3v) is 2.72. The molecule has 1 aliphatic rings. The van der Waals surface area contributed by atoms with Crippen molar-refractivity contribution in [2.24, 2.45) is 11.3 Å². The van der Waals surface area contributed by atoms with Gasteiger partial charge in [-0.25, -0.2) is 8.78 Å². The lowest BCUT2D eigenvalue weighted by atomic mass is 9.85. The molecule has 1 fully saturated rings. The van der Waals surface area contributed by atoms with Crippen LogP contribution in [-0.2, 0) is 9.53 Å². The van der Waals surface area contributed by atoms with Crippen molar-refractivity contribution in [1.82, 2.24) is 0 Å². The third kappa shape index (κ3) is 2.65. The van der Waals surface area contributed by atoms with E-state index in [-0.39, 0.29) is 11.8 Å². The van der Waals surface area contributed by atoms with Gasteiger partial charge >= 0.3 is 5.97 Å². The van der Waals surface area contributed by atoms with Crippen LogP contribution in [0.3, 0.4) is 0 Å². The molecule has 1 rings (SSSR count). The molecule has 0 aliphatic carbocycles. The Kier molecular flexibility index (Phi) is 3.33. The molecular weight excluding hydrogens is 206 g/mol. The number of alkyl halides is 2. The molecule has 0 spiro atoms. The second kappa shape index (κ2) is 4.04. The van der Waals surface area contributed by atoms with E-state index in [9.17, 15) is 13.6 Å². The van der Waals surface area contributed by atoms with Crippen molar-refractivity contribution in [2.75, 3.05) is 0 Å². The van der Waals surface area contributed by atoms with E-state index < -0.39 is 30.5 Å². The van der Waals surface area contributed by atoms with E-state index in [2.05, 4.69) is 0 Å². The zero-order valence-corrected chi connectivity index (χ0v) is 9.04. The Bertz CT molecular complexity index is 248. The fourth-order valence-electron chi connectivity index (χ4n) is 1.74. The number of carboxylic acids is 1. The first-order valence-corrected chi connectivity index (χ1v) is 4.90. The normalized spacial score (nSPS) is 32.3. The van der Waals surface area contributed by atoms with Gasteiger partial charge in [0.05, 0.1) is 12.0 Å². The lowest BCUT2D eigenvalue weighted by Gasteiger charge is -2.26. The fourth-order valence-corrected chi connectivity index (χ4v) is 1.74. The van der Waals surface area contributed by atoms with Gasteiger partial charge in [0.2, 0.25) is 0 Å². The molecule has 0 saturated carbocycles. The summed E-state index contributed by atoms with van der Waals surface area (Å²) in [7, 11) is 0. The van der Waals surface area contributed by atoms with E-state index >= 15 is 0 Å². The highest BCUT2D eigenvalue weighted by atomic mass is 19.3. The van der Waals surface area contributed by atoms with Crippen LogP contribution in [0, 0.1) is 11.3 Å². The molecule has 1 heterocycles. The van der Waals surface area contributed by atoms with Crippen LogP contribution in [0.4, 0.5) is 8.78 Å². The van der Waals surface area contributed by atoms with Crippen LogP contribution in [0.2, 0.25) is 0 Å². The monoisotopic (exact) mass is 222 g/mol. The van der Waals surface area contributed by atoms with Gasteiger partial charge in [0.1, 0.15) is 6.10 Å². The Morgan fingerprint density at radius 2 is 2.00 bits per heavy atom. The molecular formula is C10H16F2O3. The Morgan fingerprint density at radius 3 is 2.27 bits per heavy atom. The number of carbonyl (C=O) groups is 1. The van der Waals surface area contributed by atoms with E-state index in [1.807, 2.05) is 20.8 Å². The maximum atomic E-state index is 12.5. The molecule has 3 atom stereocenters. The van der Waals surface area contributed by atoms with E-state index in [1.165, 1.54) is 0 Å². The highest BCUT2D eigenvalue weighted by Gasteiger charge is 2.48. The average molecular weight is 222 g/mol. The highest BCUT2D eigenvalue weighted by molar-refractivity contribution is 5.71. The lowest BCUT2D eigenvalue weighted by Crippen LogP contribution is -2.31. The molecule has 1 saturated heterocycles. The molecule has 3 nitrogen and oxygen atoms in total. The van der Waals surface area contributed by atoms with Gasteiger partial charge in [0.15, 0.2) is 0 Å². The summed E-state index contributed by atoms with van der Waals surface area (Å²) in [5, 5.41) is 8.80. The van der Waals surface area contributed by atoms with Crippen molar-refractivity contribution < 1.29 is 23.4 Å². The van der Waals surface area contributed by atoms with Crippen molar-refractivity contribution in [3.8, 4) is 0 Å². The van der Waals surface area contributed by atoms with Gasteiger partial charge in [0.25, 0.3) is 6.43 Å². The molecule has 0 aromatic carbocycles. The summed E-state index contributed by atoms with van der Waals surface area (Å²) >= 11 is 0. The third-order valence-electron chi connectivity index (χ3n) is 2.72. The van der Waals surface area contributed by atoms with Crippen molar-refractivity contribution in [2.45, 2.75) is 45.8 Å². The van der Waals surface area contributed by atoms with Gasteiger partial charge in [-0.15, -0.1) is 0 Å². The van der Waals surface area contributed by atoms with Crippen LogP contribution in [0.15, 0.2) is 0 Å². The SMILES string of the molecule is CC(C)(C)C1CC(C(=O)O)C(C(F)F)O1. The first-order chi connectivity index (χ1) is 6.73. The predicted molar refractivity (Wildman–Crippen MR) is 49.9 cm³/mol. The Hall–Kier alpha value is -0.710. The lowest BCUT2D eigenvalue weighted by molar-refractivity contribution is -0.148. The van der Waals surface area contributed by atoms with E-state index in [0.717, 1.165) is 0 Å². The van der Waals surface area contributed by atoms with Crippen LogP contribution >= 0.6 is 0 Å². The van der Waals surface area contributed by atoms with Crippen LogP contribution in [0.25, 0.3) is 0 Å². The van der Waals surface area contributed by atoms with Gasteiger partial charge in [0, 0.05) is 0 Å². The summed E-state index contributed by atoms with van der Waals surface area (Å²) in [5.74, 6) is -2.29. The standard InChI is InChI=1S/C10H16F2O3/c1-10(2,3)6-4-5(9(13)14)7(15-6)8(11)12/h5-8H,4H2,1-3H3,(H,13,14). The molecule has 88 valence electrons. The fraction of sp³-hybridized carbons (Fsp3) is 0.900. The number of hydrogen-bond acceptors (Lipinski definition) is 2. The minimum atomic E-state index is -2.74. The molecule has 3 unspecified atom stereocenters. The molecule has 0 radical (unpaired) electrons. The molecule has 0 aromatic rings. The van der Waals surface area contributed by atoms with Crippen molar-refractivity contribution in [3.05, 3.63) is 0 Å². The Balaban J connectivity index is 2.78. The van der Waals surface area contributed by atoms with Crippen LogP contribution in [0.1, 0.15) is 27.2 Å². The molecule has 1 N–H and O–H groups in total. The topological polar surface area (TPSA) is 46.5 Å². The van der Waals surface area contributed by atoms with E-state index in [4.69, 9.17) is 9.84 Å². The van der Waals surface area contributed by atoms with Crippen LogP contribution in [-0.4, -0.2) is 29.7 Å². The smallest absolute Gasteiger partial charge is 0.309 e. The van der Waals surface area contributed by atoms with Gasteiger partial charge < -0.3 is 9.84 Å². The van der Waals surface area contributed by atoms with E-state index in [0.29, 0.717) is 0 Å². The molecule has 0 bridgehead atoms. The first kappa shape index (κ1) is 12.4. The highest BCUT2D eigenvalue weighted by Crippen LogP contribution is 2.38. The Labute approximate surface area is 87.4 Å². The molecule has 5 heteroatoms. The first-order valence-electron chi connectivity index (χ1n) is 4.90. The van der Waals surface area contributed by atoms with Crippen molar-refractivity contribution >= 4 is 5.97 Å². The summed E-state index contributed by atoms with van der Waals surface area (Å²) in [4.78, 5) is 10.8. The second-order valence-electron chi connectivity index (χ2n) is 4.97. The maximum absolute atomic E-state index is 12.5. The summed E-state index contributed by atoms with van der Waals surface area (Å²) in [6.45, 7) is 5.55. The summed E-state index contributed by atoms with van der Waals surface area (Å²) in [6.07, 6.45) is -4.46. The number of ether oxygens (including phenoxy) is 1. The summed E-state index contributed by atoms with van der Waals surface area (Å²) in [5.41, 5.74) is -0.308. The summed E-state index contributed by atoms with van der Waals surface area (Å²) < 4.78 is 30.2. The zero-order valence-electron chi connectivity index (χ0n) is 9.04. The molecule has 0 amide bonds. The van der Waals surface area contributed by atoms with Crippen molar-refractivity contribution in [1.29, 1.82) is 0 Å². The summed E-state index contributed by atoms with van der Waals surface area (Å²) in [6, 6.07) is 0. The second-order valence-corrected chi connectivity index (χ2v) is 4.97.